The number of anilines is 1. The van der Waals surface area contributed by atoms with E-state index in [1.807, 2.05) is 20.8 Å². The lowest BCUT2D eigenvalue weighted by atomic mass is 9.68. The Hall–Kier alpha value is -1.19. The van der Waals surface area contributed by atoms with Gasteiger partial charge in [0.1, 0.15) is 11.4 Å². The Bertz CT molecular complexity index is 778. The SMILES string of the molecule is CC(C)(C)OCCC1(c2[nH]c(N)c(C(=O)O)c(=S)c2S)CCC(F)(F)CC1. The normalized spacial score (nSPS) is 19.0. The maximum absolute atomic E-state index is 13.8. The summed E-state index contributed by atoms with van der Waals surface area (Å²) in [6.45, 7) is 6.13. The number of ether oxygens (including phenoxy) is 1. The highest BCUT2D eigenvalue weighted by atomic mass is 32.1. The first kappa shape index (κ1) is 22.1. The Morgan fingerprint density at radius 2 is 1.89 bits per heavy atom. The van der Waals surface area contributed by atoms with E-state index in [-0.39, 0.29) is 52.1 Å². The molecule has 1 saturated carbocycles. The molecular weight excluding hydrogens is 394 g/mol. The van der Waals surface area contributed by atoms with E-state index in [2.05, 4.69) is 17.6 Å². The molecule has 1 aliphatic rings. The highest BCUT2D eigenvalue weighted by Gasteiger charge is 2.46. The summed E-state index contributed by atoms with van der Waals surface area (Å²) in [7, 11) is 0. The third-order valence-electron chi connectivity index (χ3n) is 5.01. The number of rotatable bonds is 5. The maximum atomic E-state index is 13.8. The van der Waals surface area contributed by atoms with Crippen LogP contribution >= 0.6 is 24.8 Å². The average Bonchev–Trinajstić information content (AvgIpc) is 2.51. The van der Waals surface area contributed by atoms with Crippen molar-refractivity contribution in [3.63, 3.8) is 0 Å². The van der Waals surface area contributed by atoms with Crippen LogP contribution in [0.2, 0.25) is 0 Å². The van der Waals surface area contributed by atoms with E-state index >= 15 is 0 Å². The zero-order valence-electron chi connectivity index (χ0n) is 15.7. The number of halogens is 2. The number of nitrogens with two attached hydrogens (primary N) is 1. The molecule has 9 heteroatoms. The molecule has 5 nitrogen and oxygen atoms in total. The molecule has 0 atom stereocenters. The number of carboxylic acid groups (broad SMARTS) is 1. The van der Waals surface area contributed by atoms with Crippen molar-refractivity contribution in [2.75, 3.05) is 12.3 Å². The van der Waals surface area contributed by atoms with Crippen LogP contribution in [0.5, 0.6) is 0 Å². The first-order valence-corrected chi connectivity index (χ1v) is 9.64. The third-order valence-corrected chi connectivity index (χ3v) is 6.01. The lowest BCUT2D eigenvalue weighted by Crippen LogP contribution is -2.39. The number of alkyl halides is 2. The zero-order chi connectivity index (χ0) is 20.6. The summed E-state index contributed by atoms with van der Waals surface area (Å²) in [4.78, 5) is 14.6. The summed E-state index contributed by atoms with van der Waals surface area (Å²) >= 11 is 9.67. The van der Waals surface area contributed by atoms with Crippen LogP contribution in [0, 0.1) is 4.51 Å². The Morgan fingerprint density at radius 1 is 1.33 bits per heavy atom. The van der Waals surface area contributed by atoms with Gasteiger partial charge in [-0.1, -0.05) is 12.2 Å². The Balaban J connectivity index is 2.48. The molecule has 0 aliphatic heterocycles. The standard InChI is InChI=1S/C18H26F2N2O3S2/c1-16(2,3)25-9-8-17(4-6-18(19,20)7-5-17)13-12(27)11(26)10(15(23)24)14(21)22-13/h27H,4-9H2,1-3H3,(H,23,24)(H3,21,22,26). The number of nitrogens with one attached hydrogen (secondary N) is 1. The fourth-order valence-electron chi connectivity index (χ4n) is 3.48. The summed E-state index contributed by atoms with van der Waals surface area (Å²) in [6, 6.07) is 0. The summed E-state index contributed by atoms with van der Waals surface area (Å²) in [5.41, 5.74) is 5.15. The lowest BCUT2D eigenvalue weighted by Gasteiger charge is -2.41. The second kappa shape index (κ2) is 7.67. The topological polar surface area (TPSA) is 88.3 Å². The molecule has 0 saturated heterocycles. The molecule has 4 N–H and O–H groups in total. The lowest BCUT2D eigenvalue weighted by molar-refractivity contribution is -0.0644. The van der Waals surface area contributed by atoms with Crippen LogP contribution in [0.15, 0.2) is 4.90 Å². The number of carboxylic acids is 1. The minimum absolute atomic E-state index is 0.0190. The third kappa shape index (κ3) is 5.00. The number of hydrogen-bond acceptors (Lipinski definition) is 5. The highest BCUT2D eigenvalue weighted by Crippen LogP contribution is 2.49. The molecule has 0 amide bonds. The van der Waals surface area contributed by atoms with E-state index < -0.39 is 17.3 Å². The summed E-state index contributed by atoms with van der Waals surface area (Å²) in [5.74, 6) is -4.06. The van der Waals surface area contributed by atoms with E-state index in [9.17, 15) is 18.7 Å². The van der Waals surface area contributed by atoms with E-state index in [1.165, 1.54) is 0 Å². The predicted molar refractivity (Wildman–Crippen MR) is 106 cm³/mol. The van der Waals surface area contributed by atoms with Crippen LogP contribution in [0.25, 0.3) is 0 Å². The van der Waals surface area contributed by atoms with Crippen molar-refractivity contribution in [2.24, 2.45) is 0 Å². The number of aromatic nitrogens is 1. The van der Waals surface area contributed by atoms with E-state index in [4.69, 9.17) is 22.7 Å². The molecule has 0 unspecified atom stereocenters. The number of aromatic amines is 1. The molecule has 1 aromatic heterocycles. The number of nitrogen functional groups attached to an aromatic ring is 1. The van der Waals surface area contributed by atoms with Gasteiger partial charge in [-0.25, -0.2) is 13.6 Å². The van der Waals surface area contributed by atoms with Crippen LogP contribution in [-0.2, 0) is 10.2 Å². The van der Waals surface area contributed by atoms with Crippen LogP contribution < -0.4 is 5.73 Å². The molecule has 1 aromatic rings. The fraction of sp³-hybridized carbons (Fsp3) is 0.667. The van der Waals surface area contributed by atoms with Gasteiger partial charge in [-0.05, 0) is 40.0 Å². The van der Waals surface area contributed by atoms with Crippen molar-refractivity contribution in [1.29, 1.82) is 0 Å². The molecule has 0 bridgehead atoms. The molecule has 152 valence electrons. The molecule has 1 heterocycles. The van der Waals surface area contributed by atoms with E-state index in [1.54, 1.807) is 0 Å². The van der Waals surface area contributed by atoms with Gasteiger partial charge in [0.05, 0.1) is 10.1 Å². The van der Waals surface area contributed by atoms with Crippen molar-refractivity contribution in [1.82, 2.24) is 4.98 Å². The zero-order valence-corrected chi connectivity index (χ0v) is 17.4. The van der Waals surface area contributed by atoms with Gasteiger partial charge in [0.25, 0.3) is 0 Å². The minimum Gasteiger partial charge on any atom is -0.478 e. The molecule has 0 aromatic carbocycles. The largest absolute Gasteiger partial charge is 0.478 e. The second-order valence-corrected chi connectivity index (χ2v) is 8.97. The second-order valence-electron chi connectivity index (χ2n) is 8.12. The molecule has 27 heavy (non-hydrogen) atoms. The fourth-order valence-corrected chi connectivity index (χ4v) is 4.18. The first-order chi connectivity index (χ1) is 12.3. The van der Waals surface area contributed by atoms with Gasteiger partial charge in [-0.3, -0.25) is 0 Å². The molecule has 1 aliphatic carbocycles. The number of hydrogen-bond donors (Lipinski definition) is 4. The summed E-state index contributed by atoms with van der Waals surface area (Å²) < 4.78 is 33.5. The summed E-state index contributed by atoms with van der Waals surface area (Å²) in [5, 5.41) is 9.32. The molecule has 0 radical (unpaired) electrons. The number of H-pyrrole nitrogens is 1. The van der Waals surface area contributed by atoms with Crippen molar-refractivity contribution in [2.45, 2.75) is 74.7 Å². The number of pyridine rings is 1. The minimum atomic E-state index is -2.71. The molecule has 0 spiro atoms. The number of carbonyl (C=O) groups is 1. The summed E-state index contributed by atoms with van der Waals surface area (Å²) in [6.07, 6.45) is 0.356. The smallest absolute Gasteiger partial charge is 0.340 e. The van der Waals surface area contributed by atoms with Gasteiger partial charge in [0.2, 0.25) is 5.92 Å². The van der Waals surface area contributed by atoms with Crippen LogP contribution in [0.1, 0.15) is 68.9 Å². The van der Waals surface area contributed by atoms with Crippen LogP contribution in [0.4, 0.5) is 14.6 Å². The van der Waals surface area contributed by atoms with Crippen LogP contribution in [0.3, 0.4) is 0 Å². The maximum Gasteiger partial charge on any atom is 0.340 e. The highest BCUT2D eigenvalue weighted by molar-refractivity contribution is 7.81. The Kier molecular flexibility index (Phi) is 6.28. The average molecular weight is 421 g/mol. The van der Waals surface area contributed by atoms with E-state index in [0.717, 1.165) is 0 Å². The predicted octanol–water partition coefficient (Wildman–Crippen LogP) is 4.97. The number of aromatic carboxylic acids is 1. The number of thiol groups is 1. The van der Waals surface area contributed by atoms with Crippen molar-refractivity contribution < 1.29 is 23.4 Å². The monoisotopic (exact) mass is 420 g/mol. The Labute approximate surface area is 168 Å². The quantitative estimate of drug-likeness (QED) is 0.399. The van der Waals surface area contributed by atoms with Crippen molar-refractivity contribution in [3.05, 3.63) is 15.8 Å². The van der Waals surface area contributed by atoms with Crippen molar-refractivity contribution >= 4 is 36.6 Å². The Morgan fingerprint density at radius 3 is 2.37 bits per heavy atom. The molecule has 1 fully saturated rings. The van der Waals surface area contributed by atoms with E-state index in [0.29, 0.717) is 18.7 Å². The van der Waals surface area contributed by atoms with Gasteiger partial charge in [-0.2, -0.15) is 0 Å². The van der Waals surface area contributed by atoms with Gasteiger partial charge in [0.15, 0.2) is 0 Å². The molecular formula is C18H26F2N2O3S2. The van der Waals surface area contributed by atoms with Gasteiger partial charge in [0, 0.05) is 35.5 Å². The first-order valence-electron chi connectivity index (χ1n) is 8.78. The van der Waals surface area contributed by atoms with Gasteiger partial charge >= 0.3 is 5.97 Å². The molecule has 2 rings (SSSR count). The van der Waals surface area contributed by atoms with Crippen molar-refractivity contribution in [3.8, 4) is 0 Å². The van der Waals surface area contributed by atoms with Crippen LogP contribution in [-0.4, -0.2) is 34.2 Å². The van der Waals surface area contributed by atoms with Gasteiger partial charge < -0.3 is 20.6 Å². The van der Waals surface area contributed by atoms with Gasteiger partial charge in [-0.15, -0.1) is 12.6 Å².